The van der Waals surface area contributed by atoms with Crippen molar-refractivity contribution in [3.8, 4) is 11.1 Å². The van der Waals surface area contributed by atoms with Crippen molar-refractivity contribution in [3.05, 3.63) is 58.6 Å². The quantitative estimate of drug-likeness (QED) is 0.594. The van der Waals surface area contributed by atoms with Crippen LogP contribution in [0.5, 0.6) is 0 Å². The van der Waals surface area contributed by atoms with Crippen LogP contribution in [0.3, 0.4) is 0 Å². The number of amidine groups is 1. The Bertz CT molecular complexity index is 945. The number of nitrogens with two attached hydrogens (primary N) is 1. The summed E-state index contributed by atoms with van der Waals surface area (Å²) < 4.78 is 64.6. The molecule has 0 aromatic heterocycles. The van der Waals surface area contributed by atoms with Crippen LogP contribution >= 0.6 is 24.0 Å². The minimum atomic E-state index is -3.61. The van der Waals surface area contributed by atoms with Crippen molar-refractivity contribution in [2.45, 2.75) is 37.8 Å². The van der Waals surface area contributed by atoms with Gasteiger partial charge in [0.05, 0.1) is 0 Å². The number of halogens is 6. The van der Waals surface area contributed by atoms with E-state index >= 15 is 8.78 Å². The minimum Gasteiger partial charge on any atom is -0.385 e. The highest BCUT2D eigenvalue weighted by atomic mass is 35.5. The molecule has 1 aliphatic rings. The predicted octanol–water partition coefficient (Wildman–Crippen LogP) is 5.72. The second-order valence-corrected chi connectivity index (χ2v) is 7.84. The SMILES string of the molecule is CC1(C)OCC(N)=N[C@](C)(c2cc(-c3cc(F)cc(Cl)c3)ccc2F)C1(F)F.Cl. The van der Waals surface area contributed by atoms with Gasteiger partial charge in [0.15, 0.2) is 5.54 Å². The highest BCUT2D eigenvalue weighted by Gasteiger charge is 2.63. The highest BCUT2D eigenvalue weighted by molar-refractivity contribution is 6.30. The molecule has 0 amide bonds. The Morgan fingerprint density at radius 2 is 1.69 bits per heavy atom. The molecular weight excluding hydrogens is 431 g/mol. The lowest BCUT2D eigenvalue weighted by Gasteiger charge is -2.42. The molecule has 0 spiro atoms. The van der Waals surface area contributed by atoms with E-state index in [4.69, 9.17) is 22.1 Å². The van der Waals surface area contributed by atoms with Crippen LogP contribution in [-0.4, -0.2) is 24.0 Å². The van der Waals surface area contributed by atoms with E-state index in [1.165, 1.54) is 38.1 Å². The fourth-order valence-corrected chi connectivity index (χ4v) is 3.57. The molecule has 9 heteroatoms. The molecule has 3 nitrogen and oxygen atoms in total. The number of hydrogen-bond donors (Lipinski definition) is 1. The number of benzene rings is 2. The van der Waals surface area contributed by atoms with Crippen LogP contribution in [0.2, 0.25) is 5.02 Å². The molecule has 1 aliphatic heterocycles. The fourth-order valence-electron chi connectivity index (χ4n) is 3.35. The maximum Gasteiger partial charge on any atom is 0.304 e. The standard InChI is InChI=1S/C20H19ClF4N2O.ClH/c1-18(2)20(24,25)19(3,27-17(26)10-28-18)15-8-11(4-5-16(15)23)12-6-13(21)9-14(22)7-12;/h4-9H,10H2,1-3H3,(H2,26,27);1H/t19-;/m1./s1. The van der Waals surface area contributed by atoms with Gasteiger partial charge < -0.3 is 10.5 Å². The molecule has 1 atom stereocenters. The van der Waals surface area contributed by atoms with Crippen molar-refractivity contribution in [3.63, 3.8) is 0 Å². The van der Waals surface area contributed by atoms with Crippen molar-refractivity contribution in [1.82, 2.24) is 0 Å². The number of nitrogens with zero attached hydrogens (tertiary/aromatic N) is 1. The second-order valence-electron chi connectivity index (χ2n) is 7.40. The molecule has 0 aliphatic carbocycles. The normalized spacial score (nSPS) is 23.0. The molecule has 158 valence electrons. The minimum absolute atomic E-state index is 0. The molecule has 2 aromatic carbocycles. The van der Waals surface area contributed by atoms with Gasteiger partial charge in [-0.25, -0.2) is 17.6 Å². The Labute approximate surface area is 177 Å². The molecule has 0 radical (unpaired) electrons. The Balaban J connectivity index is 0.00000300. The van der Waals surface area contributed by atoms with E-state index < -0.39 is 28.7 Å². The molecule has 0 saturated heterocycles. The monoisotopic (exact) mass is 450 g/mol. The molecule has 2 aromatic rings. The summed E-state index contributed by atoms with van der Waals surface area (Å²) in [5, 5.41) is 0.128. The van der Waals surface area contributed by atoms with E-state index in [2.05, 4.69) is 4.99 Å². The zero-order valence-corrected chi connectivity index (χ0v) is 17.5. The van der Waals surface area contributed by atoms with E-state index in [-0.39, 0.29) is 35.4 Å². The van der Waals surface area contributed by atoms with Crippen LogP contribution < -0.4 is 5.73 Å². The summed E-state index contributed by atoms with van der Waals surface area (Å²) in [6.45, 7) is 3.21. The molecule has 2 N–H and O–H groups in total. The van der Waals surface area contributed by atoms with Crippen LogP contribution in [-0.2, 0) is 10.3 Å². The van der Waals surface area contributed by atoms with Gasteiger partial charge in [-0.1, -0.05) is 17.7 Å². The van der Waals surface area contributed by atoms with Crippen LogP contribution in [0, 0.1) is 11.6 Å². The van der Waals surface area contributed by atoms with E-state index in [9.17, 15) is 8.78 Å². The summed E-state index contributed by atoms with van der Waals surface area (Å²) in [5.41, 5.74) is 1.68. The third kappa shape index (κ3) is 3.96. The van der Waals surface area contributed by atoms with Crippen molar-refractivity contribution < 1.29 is 22.3 Å². The molecule has 1 heterocycles. The average molecular weight is 451 g/mol. The van der Waals surface area contributed by atoms with Gasteiger partial charge in [-0.3, -0.25) is 4.99 Å². The molecule has 0 fully saturated rings. The Kier molecular flexibility index (Phi) is 6.29. The maximum absolute atomic E-state index is 15.5. The van der Waals surface area contributed by atoms with Gasteiger partial charge in [0.2, 0.25) is 0 Å². The largest absolute Gasteiger partial charge is 0.385 e. The first-order chi connectivity index (χ1) is 12.9. The lowest BCUT2D eigenvalue weighted by Crippen LogP contribution is -2.56. The number of ether oxygens (including phenoxy) is 1. The zero-order chi connectivity index (χ0) is 20.9. The molecule has 0 bridgehead atoms. The zero-order valence-electron chi connectivity index (χ0n) is 15.9. The van der Waals surface area contributed by atoms with Crippen molar-refractivity contribution in [2.75, 3.05) is 6.61 Å². The van der Waals surface area contributed by atoms with Gasteiger partial charge in [-0.15, -0.1) is 12.4 Å². The van der Waals surface area contributed by atoms with Gasteiger partial charge in [-0.2, -0.15) is 0 Å². The Morgan fingerprint density at radius 3 is 2.31 bits per heavy atom. The molecular formula is C20H20Cl2F4N2O. The van der Waals surface area contributed by atoms with Gasteiger partial charge >= 0.3 is 5.92 Å². The first-order valence-electron chi connectivity index (χ1n) is 8.50. The van der Waals surface area contributed by atoms with Crippen LogP contribution in [0.4, 0.5) is 17.6 Å². The number of hydrogen-bond acceptors (Lipinski definition) is 3. The molecule has 29 heavy (non-hydrogen) atoms. The first-order valence-corrected chi connectivity index (χ1v) is 8.88. The van der Waals surface area contributed by atoms with Gasteiger partial charge in [0.1, 0.15) is 29.7 Å². The molecule has 0 unspecified atom stereocenters. The van der Waals surface area contributed by atoms with Crippen molar-refractivity contribution in [2.24, 2.45) is 10.7 Å². The number of rotatable bonds is 2. The number of alkyl halides is 2. The van der Waals surface area contributed by atoms with E-state index in [0.717, 1.165) is 19.1 Å². The summed E-state index contributed by atoms with van der Waals surface area (Å²) in [6, 6.07) is 7.36. The second kappa shape index (κ2) is 7.78. The van der Waals surface area contributed by atoms with Crippen LogP contribution in [0.15, 0.2) is 41.4 Å². The topological polar surface area (TPSA) is 47.6 Å². The van der Waals surface area contributed by atoms with Gasteiger partial charge in [0, 0.05) is 10.6 Å². The fraction of sp³-hybridized carbons (Fsp3) is 0.350. The van der Waals surface area contributed by atoms with Gasteiger partial charge in [0.25, 0.3) is 0 Å². The van der Waals surface area contributed by atoms with Crippen LogP contribution in [0.25, 0.3) is 11.1 Å². The number of aliphatic imine (C=N–C) groups is 1. The average Bonchev–Trinajstić information content (AvgIpc) is 2.64. The third-order valence-electron chi connectivity index (χ3n) is 5.00. The lowest BCUT2D eigenvalue weighted by atomic mass is 9.77. The highest BCUT2D eigenvalue weighted by Crippen LogP contribution is 2.51. The van der Waals surface area contributed by atoms with Crippen LogP contribution in [0.1, 0.15) is 26.3 Å². The maximum atomic E-state index is 15.5. The summed E-state index contributed by atoms with van der Waals surface area (Å²) in [6.07, 6.45) is 0. The summed E-state index contributed by atoms with van der Waals surface area (Å²) in [4.78, 5) is 3.94. The van der Waals surface area contributed by atoms with E-state index in [1.54, 1.807) is 0 Å². The third-order valence-corrected chi connectivity index (χ3v) is 5.22. The summed E-state index contributed by atoms with van der Waals surface area (Å²) >= 11 is 5.88. The van der Waals surface area contributed by atoms with Gasteiger partial charge in [-0.05, 0) is 62.2 Å². The predicted molar refractivity (Wildman–Crippen MR) is 108 cm³/mol. The smallest absolute Gasteiger partial charge is 0.304 e. The first kappa shape index (κ1) is 23.4. The van der Waals surface area contributed by atoms with E-state index in [1.807, 2.05) is 0 Å². The lowest BCUT2D eigenvalue weighted by molar-refractivity contribution is -0.214. The molecule has 3 rings (SSSR count). The molecule has 0 saturated carbocycles. The summed E-state index contributed by atoms with van der Waals surface area (Å²) in [5.74, 6) is -5.27. The summed E-state index contributed by atoms with van der Waals surface area (Å²) in [7, 11) is 0. The Hall–Kier alpha value is -1.83. The van der Waals surface area contributed by atoms with Crippen molar-refractivity contribution in [1.29, 1.82) is 0 Å². The Morgan fingerprint density at radius 1 is 1.03 bits per heavy atom. The van der Waals surface area contributed by atoms with Crippen molar-refractivity contribution >= 4 is 29.8 Å². The van der Waals surface area contributed by atoms with E-state index in [0.29, 0.717) is 11.1 Å².